The van der Waals surface area contributed by atoms with Crippen LogP contribution in [0.1, 0.15) is 45.1 Å². The quantitative estimate of drug-likeness (QED) is 0.661. The summed E-state index contributed by atoms with van der Waals surface area (Å²) in [6.07, 6.45) is 4.52. The van der Waals surface area contributed by atoms with Gasteiger partial charge in [0.25, 0.3) is 0 Å². The van der Waals surface area contributed by atoms with E-state index in [1.807, 2.05) is 30.3 Å². The molecule has 0 aliphatic heterocycles. The van der Waals surface area contributed by atoms with Crippen LogP contribution < -0.4 is 0 Å². The van der Waals surface area contributed by atoms with E-state index in [0.29, 0.717) is 19.4 Å². The highest BCUT2D eigenvalue weighted by atomic mass is 16.6. The molecule has 4 heteroatoms. The largest absolute Gasteiger partial charge is 0.481 e. The van der Waals surface area contributed by atoms with Gasteiger partial charge in [0.15, 0.2) is 0 Å². The molecular weight excluding hydrogens is 266 g/mol. The van der Waals surface area contributed by atoms with E-state index in [-0.39, 0.29) is 5.41 Å². The minimum Gasteiger partial charge on any atom is -0.481 e. The van der Waals surface area contributed by atoms with Gasteiger partial charge < -0.3 is 9.94 Å². The number of hydrogen-bond donors (Lipinski definition) is 1. The Morgan fingerprint density at radius 2 is 1.86 bits per heavy atom. The lowest BCUT2D eigenvalue weighted by Crippen LogP contribution is -2.39. The average molecular weight is 289 g/mol. The molecule has 1 aliphatic rings. The van der Waals surface area contributed by atoms with Gasteiger partial charge in [-0.2, -0.15) is 0 Å². The fourth-order valence-electron chi connectivity index (χ4n) is 2.60. The molecule has 0 bridgehead atoms. The first-order valence-electron chi connectivity index (χ1n) is 7.37. The Morgan fingerprint density at radius 1 is 1.24 bits per heavy atom. The van der Waals surface area contributed by atoms with E-state index in [0.717, 1.165) is 18.4 Å². The molecule has 4 nitrogen and oxygen atoms in total. The van der Waals surface area contributed by atoms with Gasteiger partial charge in [0.05, 0.1) is 6.21 Å². The van der Waals surface area contributed by atoms with Crippen LogP contribution in [0.15, 0.2) is 35.5 Å². The third-order valence-corrected chi connectivity index (χ3v) is 4.37. The molecule has 0 unspecified atom stereocenters. The van der Waals surface area contributed by atoms with Crippen molar-refractivity contribution in [3.63, 3.8) is 0 Å². The topological polar surface area (TPSA) is 58.9 Å². The molecule has 1 fully saturated rings. The molecule has 1 saturated carbocycles. The SMILES string of the molecule is CC1(C)CCC(C=NOCc2ccccc2)(C(=O)O)CC1. The first-order valence-corrected chi connectivity index (χ1v) is 7.37. The summed E-state index contributed by atoms with van der Waals surface area (Å²) in [5.74, 6) is -0.801. The second-order valence-electron chi connectivity index (χ2n) is 6.62. The monoisotopic (exact) mass is 289 g/mol. The molecule has 1 aliphatic carbocycles. The molecule has 0 heterocycles. The maximum absolute atomic E-state index is 11.6. The number of rotatable bonds is 5. The van der Waals surface area contributed by atoms with E-state index in [4.69, 9.17) is 4.84 Å². The number of nitrogens with zero attached hydrogens (tertiary/aromatic N) is 1. The zero-order chi connectivity index (χ0) is 15.3. The predicted molar refractivity (Wildman–Crippen MR) is 82.0 cm³/mol. The van der Waals surface area contributed by atoms with Crippen molar-refractivity contribution in [3.05, 3.63) is 35.9 Å². The van der Waals surface area contributed by atoms with Crippen LogP contribution in [0, 0.1) is 10.8 Å². The van der Waals surface area contributed by atoms with Gasteiger partial charge in [-0.25, -0.2) is 0 Å². The van der Waals surface area contributed by atoms with Crippen molar-refractivity contribution in [1.29, 1.82) is 0 Å². The molecule has 21 heavy (non-hydrogen) atoms. The van der Waals surface area contributed by atoms with Crippen LogP contribution in [0.3, 0.4) is 0 Å². The summed E-state index contributed by atoms with van der Waals surface area (Å²) < 4.78 is 0. The fraction of sp³-hybridized carbons (Fsp3) is 0.529. The zero-order valence-electron chi connectivity index (χ0n) is 12.7. The van der Waals surface area contributed by atoms with E-state index < -0.39 is 11.4 Å². The first-order chi connectivity index (χ1) is 9.94. The van der Waals surface area contributed by atoms with Gasteiger partial charge in [0, 0.05) is 0 Å². The van der Waals surface area contributed by atoms with Crippen molar-refractivity contribution >= 4 is 12.2 Å². The van der Waals surface area contributed by atoms with Crippen LogP contribution in [0.4, 0.5) is 0 Å². The predicted octanol–water partition coefficient (Wildman–Crippen LogP) is 3.86. The van der Waals surface area contributed by atoms with Gasteiger partial charge in [-0.05, 0) is 36.7 Å². The third kappa shape index (κ3) is 4.06. The summed E-state index contributed by atoms with van der Waals surface area (Å²) in [6, 6.07) is 9.71. The molecular formula is C17H23NO3. The van der Waals surface area contributed by atoms with Gasteiger partial charge in [0.2, 0.25) is 0 Å². The maximum atomic E-state index is 11.6. The number of carbonyl (C=O) groups is 1. The van der Waals surface area contributed by atoms with Crippen LogP contribution in [0.5, 0.6) is 0 Å². The first kappa shape index (κ1) is 15.5. The summed E-state index contributed by atoms with van der Waals surface area (Å²) in [5.41, 5.74) is 0.368. The van der Waals surface area contributed by atoms with E-state index in [1.54, 1.807) is 0 Å². The third-order valence-electron chi connectivity index (χ3n) is 4.37. The highest BCUT2D eigenvalue weighted by molar-refractivity contribution is 5.94. The average Bonchev–Trinajstić information content (AvgIpc) is 2.46. The van der Waals surface area contributed by atoms with Crippen molar-refractivity contribution in [2.75, 3.05) is 0 Å². The Hall–Kier alpha value is -1.84. The molecule has 2 rings (SSSR count). The Bertz CT molecular complexity index is 498. The van der Waals surface area contributed by atoms with E-state index >= 15 is 0 Å². The lowest BCUT2D eigenvalue weighted by atomic mass is 9.65. The molecule has 1 aromatic carbocycles. The molecule has 1 aromatic rings. The molecule has 114 valence electrons. The summed E-state index contributed by atoms with van der Waals surface area (Å²) >= 11 is 0. The zero-order valence-corrected chi connectivity index (χ0v) is 12.7. The number of carboxylic acids is 1. The van der Waals surface area contributed by atoms with Crippen LogP contribution in [-0.2, 0) is 16.2 Å². The van der Waals surface area contributed by atoms with Gasteiger partial charge >= 0.3 is 5.97 Å². The van der Waals surface area contributed by atoms with Crippen LogP contribution in [0.25, 0.3) is 0 Å². The van der Waals surface area contributed by atoms with Crippen molar-refractivity contribution in [3.8, 4) is 0 Å². The highest BCUT2D eigenvalue weighted by Crippen LogP contribution is 2.44. The van der Waals surface area contributed by atoms with E-state index in [1.165, 1.54) is 6.21 Å². The van der Waals surface area contributed by atoms with Crippen LogP contribution >= 0.6 is 0 Å². The minimum absolute atomic E-state index is 0.220. The normalized spacial score (nSPS) is 20.3. The number of aliphatic carboxylic acids is 1. The Morgan fingerprint density at radius 3 is 2.43 bits per heavy atom. The van der Waals surface area contributed by atoms with Gasteiger partial charge in [0.1, 0.15) is 12.0 Å². The van der Waals surface area contributed by atoms with Crippen molar-refractivity contribution in [2.24, 2.45) is 16.0 Å². The Labute approximate surface area is 125 Å². The lowest BCUT2D eigenvalue weighted by Gasteiger charge is -2.38. The fourth-order valence-corrected chi connectivity index (χ4v) is 2.60. The number of hydrogen-bond acceptors (Lipinski definition) is 3. The lowest BCUT2D eigenvalue weighted by molar-refractivity contribution is -0.147. The molecule has 0 aromatic heterocycles. The van der Waals surface area contributed by atoms with E-state index in [9.17, 15) is 9.90 Å². The Balaban J connectivity index is 1.94. The highest BCUT2D eigenvalue weighted by Gasteiger charge is 2.43. The van der Waals surface area contributed by atoms with Gasteiger partial charge in [-0.1, -0.05) is 49.3 Å². The molecule has 0 spiro atoms. The Kier molecular flexibility index (Phi) is 4.66. The number of carboxylic acid groups (broad SMARTS) is 1. The molecule has 0 amide bonds. The number of oxime groups is 1. The maximum Gasteiger partial charge on any atom is 0.315 e. The summed E-state index contributed by atoms with van der Waals surface area (Å²) in [5, 5.41) is 13.5. The van der Waals surface area contributed by atoms with Crippen LogP contribution in [-0.4, -0.2) is 17.3 Å². The van der Waals surface area contributed by atoms with Crippen molar-refractivity contribution in [2.45, 2.75) is 46.1 Å². The molecule has 0 saturated heterocycles. The van der Waals surface area contributed by atoms with E-state index in [2.05, 4.69) is 19.0 Å². The molecule has 0 radical (unpaired) electrons. The van der Waals surface area contributed by atoms with Crippen LogP contribution in [0.2, 0.25) is 0 Å². The standard InChI is InChI=1S/C17H23NO3/c1-16(2)8-10-17(11-9-16,15(19)20)13-18-21-12-14-6-4-3-5-7-14/h3-7,13H,8-12H2,1-2H3,(H,19,20). The smallest absolute Gasteiger partial charge is 0.315 e. The van der Waals surface area contributed by atoms with Crippen molar-refractivity contribution in [1.82, 2.24) is 0 Å². The van der Waals surface area contributed by atoms with Crippen molar-refractivity contribution < 1.29 is 14.7 Å². The van der Waals surface area contributed by atoms with Gasteiger partial charge in [-0.15, -0.1) is 0 Å². The molecule has 0 atom stereocenters. The van der Waals surface area contributed by atoms with Gasteiger partial charge in [-0.3, -0.25) is 4.79 Å². The second kappa shape index (κ2) is 6.29. The summed E-state index contributed by atoms with van der Waals surface area (Å²) in [6.45, 7) is 4.72. The second-order valence-corrected chi connectivity index (χ2v) is 6.62. The summed E-state index contributed by atoms with van der Waals surface area (Å²) in [4.78, 5) is 16.9. The molecule has 1 N–H and O–H groups in total. The minimum atomic E-state index is -0.869. The number of benzene rings is 1. The summed E-state index contributed by atoms with van der Waals surface area (Å²) in [7, 11) is 0.